The van der Waals surface area contributed by atoms with Crippen LogP contribution in [0.25, 0.3) is 5.69 Å². The third kappa shape index (κ3) is 2.32. The molecule has 0 aliphatic carbocycles. The molecule has 0 saturated heterocycles. The highest BCUT2D eigenvalue weighted by Crippen LogP contribution is 2.23. The molecule has 4 heteroatoms. The first-order chi connectivity index (χ1) is 8.26. The fourth-order valence-electron chi connectivity index (χ4n) is 1.73. The van der Waals surface area contributed by atoms with Crippen molar-refractivity contribution in [1.29, 1.82) is 5.26 Å². The molecule has 0 bridgehead atoms. The van der Waals surface area contributed by atoms with E-state index in [1.165, 1.54) is 0 Å². The average Bonchev–Trinajstić information content (AvgIpc) is 2.77. The highest BCUT2D eigenvalue weighted by Gasteiger charge is 2.08. The smallest absolute Gasteiger partial charge is 0.113 e. The van der Waals surface area contributed by atoms with Gasteiger partial charge in [0.1, 0.15) is 5.82 Å². The number of hydrogen-bond acceptors (Lipinski definition) is 2. The zero-order chi connectivity index (χ0) is 12.3. The predicted molar refractivity (Wildman–Crippen MR) is 67.3 cm³/mol. The highest BCUT2D eigenvalue weighted by molar-refractivity contribution is 6.32. The fraction of sp³-hybridized carbons (Fsp3) is 0.231. The Balaban J connectivity index is 2.46. The number of rotatable bonds is 3. The van der Waals surface area contributed by atoms with Crippen molar-refractivity contribution in [2.45, 2.75) is 19.8 Å². The van der Waals surface area contributed by atoms with Crippen LogP contribution in [0, 0.1) is 11.3 Å². The van der Waals surface area contributed by atoms with Gasteiger partial charge >= 0.3 is 0 Å². The summed E-state index contributed by atoms with van der Waals surface area (Å²) >= 11 is 6.17. The van der Waals surface area contributed by atoms with Crippen LogP contribution in [-0.4, -0.2) is 9.55 Å². The number of hydrogen-bond donors (Lipinski definition) is 0. The van der Waals surface area contributed by atoms with Crippen molar-refractivity contribution in [3.63, 3.8) is 0 Å². The Kier molecular flexibility index (Phi) is 3.46. The van der Waals surface area contributed by atoms with Gasteiger partial charge in [-0.2, -0.15) is 5.26 Å². The summed E-state index contributed by atoms with van der Waals surface area (Å²) in [6.45, 7) is 2.11. The molecular weight excluding hydrogens is 234 g/mol. The van der Waals surface area contributed by atoms with E-state index in [2.05, 4.69) is 18.0 Å². The predicted octanol–water partition coefficient (Wildman–Crippen LogP) is 3.35. The van der Waals surface area contributed by atoms with Gasteiger partial charge in [0.2, 0.25) is 0 Å². The summed E-state index contributed by atoms with van der Waals surface area (Å²) in [7, 11) is 0. The lowest BCUT2D eigenvalue weighted by molar-refractivity contribution is 0.809. The SMILES string of the molecule is CCCc1nccn1-c1ccc(C#N)cc1Cl. The molecule has 86 valence electrons. The number of imidazole rings is 1. The second-order valence-electron chi connectivity index (χ2n) is 3.74. The van der Waals surface area contributed by atoms with E-state index in [1.807, 2.05) is 16.8 Å². The summed E-state index contributed by atoms with van der Waals surface area (Å²) in [5, 5.41) is 9.36. The van der Waals surface area contributed by atoms with E-state index in [-0.39, 0.29) is 0 Å². The number of aryl methyl sites for hydroxylation is 1. The first-order valence-electron chi connectivity index (χ1n) is 5.48. The van der Waals surface area contributed by atoms with E-state index in [4.69, 9.17) is 16.9 Å². The summed E-state index contributed by atoms with van der Waals surface area (Å²) < 4.78 is 1.97. The van der Waals surface area contributed by atoms with Crippen molar-refractivity contribution in [2.75, 3.05) is 0 Å². The molecule has 17 heavy (non-hydrogen) atoms. The Morgan fingerprint density at radius 1 is 1.47 bits per heavy atom. The maximum atomic E-state index is 8.79. The molecule has 0 radical (unpaired) electrons. The molecule has 0 fully saturated rings. The van der Waals surface area contributed by atoms with Crippen molar-refractivity contribution in [3.8, 4) is 11.8 Å². The van der Waals surface area contributed by atoms with E-state index < -0.39 is 0 Å². The monoisotopic (exact) mass is 245 g/mol. The first kappa shape index (κ1) is 11.7. The van der Waals surface area contributed by atoms with Crippen molar-refractivity contribution in [1.82, 2.24) is 9.55 Å². The van der Waals surface area contributed by atoms with Crippen LogP contribution in [0.15, 0.2) is 30.6 Å². The van der Waals surface area contributed by atoms with E-state index in [0.29, 0.717) is 10.6 Å². The van der Waals surface area contributed by atoms with Crippen LogP contribution in [-0.2, 0) is 6.42 Å². The molecule has 0 spiro atoms. The van der Waals surface area contributed by atoms with E-state index in [1.54, 1.807) is 18.3 Å². The molecule has 0 unspecified atom stereocenters. The van der Waals surface area contributed by atoms with Crippen LogP contribution in [0.1, 0.15) is 24.7 Å². The largest absolute Gasteiger partial charge is 0.302 e. The van der Waals surface area contributed by atoms with Crippen molar-refractivity contribution >= 4 is 11.6 Å². The summed E-state index contributed by atoms with van der Waals surface area (Å²) in [6, 6.07) is 7.35. The van der Waals surface area contributed by atoms with Gasteiger partial charge in [-0.1, -0.05) is 18.5 Å². The Labute approximate surface area is 105 Å². The van der Waals surface area contributed by atoms with Gasteiger partial charge in [-0.05, 0) is 24.6 Å². The molecule has 2 rings (SSSR count). The standard InChI is InChI=1S/C13H12ClN3/c1-2-3-13-16-6-7-17(13)12-5-4-10(9-15)8-11(12)14/h4-8H,2-3H2,1H3. The lowest BCUT2D eigenvalue weighted by Crippen LogP contribution is -2.01. The Morgan fingerprint density at radius 2 is 2.29 bits per heavy atom. The minimum atomic E-state index is 0.566. The molecule has 0 aliphatic heterocycles. The Morgan fingerprint density at radius 3 is 2.94 bits per heavy atom. The quantitative estimate of drug-likeness (QED) is 0.832. The zero-order valence-corrected chi connectivity index (χ0v) is 10.3. The van der Waals surface area contributed by atoms with Crippen LogP contribution in [0.5, 0.6) is 0 Å². The van der Waals surface area contributed by atoms with E-state index in [9.17, 15) is 0 Å². The second-order valence-corrected chi connectivity index (χ2v) is 4.15. The van der Waals surface area contributed by atoms with Crippen LogP contribution in [0.3, 0.4) is 0 Å². The number of aromatic nitrogens is 2. The lowest BCUT2D eigenvalue weighted by Gasteiger charge is -2.09. The molecule has 2 aromatic rings. The lowest BCUT2D eigenvalue weighted by atomic mass is 10.2. The minimum Gasteiger partial charge on any atom is -0.302 e. The molecule has 1 aromatic carbocycles. The van der Waals surface area contributed by atoms with Crippen LogP contribution in [0.2, 0.25) is 5.02 Å². The topological polar surface area (TPSA) is 41.6 Å². The van der Waals surface area contributed by atoms with E-state index >= 15 is 0 Å². The van der Waals surface area contributed by atoms with Gasteiger partial charge in [0, 0.05) is 18.8 Å². The maximum Gasteiger partial charge on any atom is 0.113 e. The fourth-order valence-corrected chi connectivity index (χ4v) is 2.01. The van der Waals surface area contributed by atoms with Gasteiger partial charge in [0.15, 0.2) is 0 Å². The van der Waals surface area contributed by atoms with Gasteiger partial charge in [0.25, 0.3) is 0 Å². The molecule has 1 heterocycles. The number of benzene rings is 1. The van der Waals surface area contributed by atoms with Crippen molar-refractivity contribution in [2.24, 2.45) is 0 Å². The van der Waals surface area contributed by atoms with Crippen LogP contribution < -0.4 is 0 Å². The molecular formula is C13H12ClN3. The van der Waals surface area contributed by atoms with Gasteiger partial charge in [-0.15, -0.1) is 0 Å². The molecule has 0 amide bonds. The molecule has 1 aromatic heterocycles. The summed E-state index contributed by atoms with van der Waals surface area (Å²) in [5.74, 6) is 0.985. The van der Waals surface area contributed by atoms with Gasteiger partial charge < -0.3 is 4.57 Å². The molecule has 3 nitrogen and oxygen atoms in total. The third-order valence-corrected chi connectivity index (χ3v) is 2.83. The number of nitrogens with zero attached hydrogens (tertiary/aromatic N) is 3. The molecule has 0 saturated carbocycles. The maximum absolute atomic E-state index is 8.79. The van der Waals surface area contributed by atoms with Gasteiger partial charge in [0.05, 0.1) is 22.3 Å². The molecule has 0 aliphatic rings. The van der Waals surface area contributed by atoms with Gasteiger partial charge in [-0.3, -0.25) is 0 Å². The van der Waals surface area contributed by atoms with Crippen LogP contribution in [0.4, 0.5) is 0 Å². The Hall–Kier alpha value is -1.79. The number of halogens is 1. The highest BCUT2D eigenvalue weighted by atomic mass is 35.5. The third-order valence-electron chi connectivity index (χ3n) is 2.53. The summed E-state index contributed by atoms with van der Waals surface area (Å²) in [5.41, 5.74) is 1.43. The minimum absolute atomic E-state index is 0.566. The van der Waals surface area contributed by atoms with Gasteiger partial charge in [-0.25, -0.2) is 4.98 Å². The van der Waals surface area contributed by atoms with E-state index in [0.717, 1.165) is 24.4 Å². The number of nitriles is 1. The molecule has 0 N–H and O–H groups in total. The summed E-state index contributed by atoms with van der Waals surface area (Å²) in [6.07, 6.45) is 5.59. The van der Waals surface area contributed by atoms with Crippen molar-refractivity contribution < 1.29 is 0 Å². The summed E-state index contributed by atoms with van der Waals surface area (Å²) in [4.78, 5) is 4.31. The molecule has 0 atom stereocenters. The second kappa shape index (κ2) is 5.03. The normalized spacial score (nSPS) is 10.2. The van der Waals surface area contributed by atoms with Crippen LogP contribution >= 0.6 is 11.6 Å². The Bertz CT molecular complexity index is 566. The van der Waals surface area contributed by atoms with Crippen molar-refractivity contribution in [3.05, 3.63) is 47.0 Å². The average molecular weight is 246 g/mol. The zero-order valence-electron chi connectivity index (χ0n) is 9.52. The first-order valence-corrected chi connectivity index (χ1v) is 5.86.